The number of carbonyl (C=O) groups excluding carboxylic acids is 3. The summed E-state index contributed by atoms with van der Waals surface area (Å²) in [5, 5.41) is 1.06. The summed E-state index contributed by atoms with van der Waals surface area (Å²) in [7, 11) is 0. The molecule has 0 bridgehead atoms. The lowest BCUT2D eigenvalue weighted by atomic mass is 10.1. The number of thiocarbonyl (C=S) groups is 1. The highest BCUT2D eigenvalue weighted by atomic mass is 32.2. The summed E-state index contributed by atoms with van der Waals surface area (Å²) < 4.78 is 5.96. The number of benzene rings is 3. The fraction of sp³-hybridized carbons (Fsp3) is 0.0400. The van der Waals surface area contributed by atoms with Crippen molar-refractivity contribution in [3.63, 3.8) is 0 Å². The van der Waals surface area contributed by atoms with Crippen LogP contribution in [0.15, 0.2) is 83.8 Å². The molecule has 3 aromatic rings. The second-order valence-electron chi connectivity index (χ2n) is 7.04. The number of aldehydes is 1. The molecule has 0 spiro atoms. The van der Waals surface area contributed by atoms with Gasteiger partial charge in [0.2, 0.25) is 0 Å². The van der Waals surface area contributed by atoms with Crippen molar-refractivity contribution in [2.75, 3.05) is 0 Å². The van der Waals surface area contributed by atoms with Gasteiger partial charge in [0.05, 0.1) is 4.91 Å². The molecule has 0 unspecified atom stereocenters. The van der Waals surface area contributed by atoms with Crippen LogP contribution in [0.25, 0.3) is 6.08 Å². The molecule has 1 heterocycles. The third-order valence-electron chi connectivity index (χ3n) is 4.74. The van der Waals surface area contributed by atoms with Crippen LogP contribution in [0.1, 0.15) is 31.8 Å². The summed E-state index contributed by atoms with van der Waals surface area (Å²) in [6.07, 6.45) is 2.42. The minimum absolute atomic E-state index is 0.229. The Labute approximate surface area is 200 Å². The Bertz CT molecular complexity index is 1220. The lowest BCUT2D eigenvalue weighted by Crippen LogP contribution is -2.44. The number of amides is 2. The summed E-state index contributed by atoms with van der Waals surface area (Å²) in [6, 6.07) is 23.2. The summed E-state index contributed by atoms with van der Waals surface area (Å²) in [5.74, 6) is -0.248. The van der Waals surface area contributed by atoms with Crippen molar-refractivity contribution in [2.45, 2.75) is 6.61 Å². The zero-order valence-electron chi connectivity index (χ0n) is 17.3. The Morgan fingerprint density at radius 2 is 1.64 bits per heavy atom. The molecule has 1 aliphatic heterocycles. The van der Waals surface area contributed by atoms with Crippen LogP contribution in [0.5, 0.6) is 5.75 Å². The van der Waals surface area contributed by atoms with E-state index >= 15 is 0 Å². The molecular weight excluding hydrogens is 456 g/mol. The van der Waals surface area contributed by atoms with Crippen molar-refractivity contribution >= 4 is 52.5 Å². The van der Waals surface area contributed by atoms with E-state index in [1.807, 2.05) is 30.3 Å². The van der Waals surface area contributed by atoms with E-state index in [0.717, 1.165) is 34.2 Å². The molecule has 0 radical (unpaired) electrons. The van der Waals surface area contributed by atoms with Gasteiger partial charge in [0.1, 0.15) is 18.6 Å². The van der Waals surface area contributed by atoms with Crippen LogP contribution in [0.2, 0.25) is 0 Å². The van der Waals surface area contributed by atoms with Gasteiger partial charge in [0.15, 0.2) is 4.32 Å². The van der Waals surface area contributed by atoms with Crippen molar-refractivity contribution < 1.29 is 19.1 Å². The molecule has 0 atom stereocenters. The highest BCUT2D eigenvalue weighted by molar-refractivity contribution is 8.26. The van der Waals surface area contributed by atoms with Crippen LogP contribution in [-0.4, -0.2) is 27.4 Å². The van der Waals surface area contributed by atoms with E-state index in [2.05, 4.69) is 5.43 Å². The van der Waals surface area contributed by atoms with Gasteiger partial charge >= 0.3 is 0 Å². The van der Waals surface area contributed by atoms with E-state index < -0.39 is 11.8 Å². The first-order valence-electron chi connectivity index (χ1n) is 9.94. The number of ether oxygens (including phenoxy) is 1. The van der Waals surface area contributed by atoms with Gasteiger partial charge in [0.25, 0.3) is 11.8 Å². The predicted octanol–water partition coefficient (Wildman–Crippen LogP) is 4.62. The monoisotopic (exact) mass is 474 g/mol. The number of rotatable bonds is 7. The topological polar surface area (TPSA) is 75.7 Å². The Hall–Kier alpha value is -3.75. The highest BCUT2D eigenvalue weighted by Crippen LogP contribution is 2.31. The lowest BCUT2D eigenvalue weighted by Gasteiger charge is -2.15. The number of thioether (sulfide) groups is 1. The first kappa shape index (κ1) is 22.4. The van der Waals surface area contributed by atoms with Gasteiger partial charge in [-0.2, -0.15) is 5.01 Å². The summed E-state index contributed by atoms with van der Waals surface area (Å²) in [4.78, 5) is 36.6. The van der Waals surface area contributed by atoms with Gasteiger partial charge < -0.3 is 4.74 Å². The number of hydrogen-bond acceptors (Lipinski definition) is 6. The van der Waals surface area contributed by atoms with Crippen molar-refractivity contribution in [1.82, 2.24) is 10.4 Å². The summed E-state index contributed by atoms with van der Waals surface area (Å²) >= 11 is 6.36. The van der Waals surface area contributed by atoms with Crippen molar-refractivity contribution in [2.24, 2.45) is 0 Å². The number of carbonyl (C=O) groups is 3. The smallest absolute Gasteiger partial charge is 0.285 e. The van der Waals surface area contributed by atoms with E-state index in [4.69, 9.17) is 17.0 Å². The molecule has 3 aromatic carbocycles. The number of hydrazine groups is 1. The Morgan fingerprint density at radius 1 is 0.970 bits per heavy atom. The number of nitrogens with one attached hydrogen (secondary N) is 1. The van der Waals surface area contributed by atoms with Crippen LogP contribution in [0, 0.1) is 0 Å². The van der Waals surface area contributed by atoms with Gasteiger partial charge in [0, 0.05) is 11.1 Å². The third kappa shape index (κ3) is 5.54. The number of nitrogens with zero attached hydrogens (tertiary/aromatic N) is 1. The fourth-order valence-corrected chi connectivity index (χ4v) is 4.18. The molecule has 0 aliphatic carbocycles. The quantitative estimate of drug-likeness (QED) is 0.306. The first-order chi connectivity index (χ1) is 16.0. The molecule has 164 valence electrons. The molecule has 1 saturated heterocycles. The summed E-state index contributed by atoms with van der Waals surface area (Å²) in [5.41, 5.74) is 5.26. The highest BCUT2D eigenvalue weighted by Gasteiger charge is 2.33. The second-order valence-corrected chi connectivity index (χ2v) is 8.72. The van der Waals surface area contributed by atoms with E-state index in [-0.39, 0.29) is 4.32 Å². The van der Waals surface area contributed by atoms with Gasteiger partial charge in [-0.25, -0.2) is 0 Å². The second kappa shape index (κ2) is 10.2. The van der Waals surface area contributed by atoms with E-state index in [1.165, 1.54) is 0 Å². The maximum absolute atomic E-state index is 12.7. The normalized spacial score (nSPS) is 14.4. The third-order valence-corrected chi connectivity index (χ3v) is 6.04. The summed E-state index contributed by atoms with van der Waals surface area (Å²) in [6.45, 7) is 0.424. The van der Waals surface area contributed by atoms with Gasteiger partial charge in [-0.3, -0.25) is 19.8 Å². The molecule has 1 N–H and O–H groups in total. The molecule has 0 aromatic heterocycles. The van der Waals surface area contributed by atoms with Crippen LogP contribution >= 0.6 is 24.0 Å². The molecule has 6 nitrogen and oxygen atoms in total. The zero-order valence-corrected chi connectivity index (χ0v) is 18.9. The molecule has 0 saturated carbocycles. The van der Waals surface area contributed by atoms with Crippen molar-refractivity contribution in [3.05, 3.63) is 106 Å². The molecule has 8 heteroatoms. The first-order valence-corrected chi connectivity index (χ1v) is 11.2. The van der Waals surface area contributed by atoms with Crippen LogP contribution in [-0.2, 0) is 11.4 Å². The molecular formula is C25H18N2O4S2. The van der Waals surface area contributed by atoms with Crippen LogP contribution < -0.4 is 10.2 Å². The average molecular weight is 475 g/mol. The standard InChI is InChI=1S/C25H18N2O4S2/c28-15-18-8-6-17(7-9-18)14-22-24(30)27(25(32)33-22)26-23(29)20-10-12-21(13-11-20)31-16-19-4-2-1-3-5-19/h1-15H,16H2,(H,26,29). The molecule has 4 rings (SSSR count). The van der Waals surface area contributed by atoms with E-state index in [9.17, 15) is 14.4 Å². The molecule has 2 amide bonds. The Kier molecular flexibility index (Phi) is 6.97. The van der Waals surface area contributed by atoms with Crippen LogP contribution in [0.4, 0.5) is 0 Å². The Balaban J connectivity index is 1.38. The van der Waals surface area contributed by atoms with E-state index in [0.29, 0.717) is 28.4 Å². The number of hydrogen-bond donors (Lipinski definition) is 1. The minimum atomic E-state index is -0.461. The predicted molar refractivity (Wildman–Crippen MR) is 132 cm³/mol. The average Bonchev–Trinajstić information content (AvgIpc) is 3.11. The van der Waals surface area contributed by atoms with Gasteiger partial charge in [-0.05, 0) is 53.7 Å². The Morgan fingerprint density at radius 3 is 2.30 bits per heavy atom. The fourth-order valence-electron chi connectivity index (χ4n) is 3.00. The van der Waals surface area contributed by atoms with Gasteiger partial charge in [-0.1, -0.05) is 66.4 Å². The van der Waals surface area contributed by atoms with Crippen molar-refractivity contribution in [1.29, 1.82) is 0 Å². The lowest BCUT2D eigenvalue weighted by molar-refractivity contribution is -0.123. The molecule has 1 aliphatic rings. The largest absolute Gasteiger partial charge is 0.489 e. The van der Waals surface area contributed by atoms with E-state index in [1.54, 1.807) is 54.6 Å². The molecule has 1 fully saturated rings. The van der Waals surface area contributed by atoms with Gasteiger partial charge in [-0.15, -0.1) is 0 Å². The SMILES string of the molecule is O=Cc1ccc(C=C2SC(=S)N(NC(=O)c3ccc(OCc4ccccc4)cc3)C2=O)cc1. The maximum atomic E-state index is 12.7. The molecule has 33 heavy (non-hydrogen) atoms. The van der Waals surface area contributed by atoms with Crippen LogP contribution in [0.3, 0.4) is 0 Å². The maximum Gasteiger partial charge on any atom is 0.285 e. The zero-order chi connectivity index (χ0) is 23.2. The minimum Gasteiger partial charge on any atom is -0.489 e. The van der Waals surface area contributed by atoms with Crippen molar-refractivity contribution in [3.8, 4) is 5.75 Å².